The Morgan fingerprint density at radius 3 is 2.14 bits per heavy atom. The van der Waals surface area contributed by atoms with Gasteiger partial charge in [-0.3, -0.25) is 0 Å². The molecule has 0 spiro atoms. The molecule has 1 aliphatic heterocycles. The first-order valence-electron chi connectivity index (χ1n) is 9.14. The fourth-order valence-corrected chi connectivity index (χ4v) is 6.93. The molecule has 2 aromatic carbocycles. The predicted molar refractivity (Wildman–Crippen MR) is 108 cm³/mol. The van der Waals surface area contributed by atoms with E-state index >= 15 is 0 Å². The molecule has 0 aromatic heterocycles. The monoisotopic (exact) mass is 423 g/mol. The van der Waals surface area contributed by atoms with Crippen molar-refractivity contribution in [2.45, 2.75) is 43.4 Å². The lowest BCUT2D eigenvalue weighted by molar-refractivity contribution is 0.125. The molecule has 2 aromatic rings. The van der Waals surface area contributed by atoms with Crippen molar-refractivity contribution in [1.82, 2.24) is 4.31 Å². The van der Waals surface area contributed by atoms with Crippen LogP contribution in [-0.4, -0.2) is 49.9 Å². The van der Waals surface area contributed by atoms with Crippen LogP contribution >= 0.6 is 0 Å². The highest BCUT2D eigenvalue weighted by Gasteiger charge is 2.44. The average molecular weight is 424 g/mol. The summed E-state index contributed by atoms with van der Waals surface area (Å²) in [5.74, 6) is -0.548. The van der Waals surface area contributed by atoms with Crippen LogP contribution in [0.2, 0.25) is 0 Å². The zero-order valence-corrected chi connectivity index (χ0v) is 17.5. The molecule has 0 radical (unpaired) electrons. The van der Waals surface area contributed by atoms with E-state index in [0.717, 1.165) is 15.4 Å². The molecule has 0 aliphatic carbocycles. The summed E-state index contributed by atoms with van der Waals surface area (Å²) in [4.78, 5) is 0.0873. The topological polar surface area (TPSA) is 91.8 Å². The van der Waals surface area contributed by atoms with Crippen molar-refractivity contribution in [3.05, 3.63) is 65.7 Å². The lowest BCUT2D eigenvalue weighted by atomic mass is 10.0. The van der Waals surface area contributed by atoms with Gasteiger partial charge in [0.2, 0.25) is 10.0 Å². The highest BCUT2D eigenvalue weighted by molar-refractivity contribution is 7.92. The first kappa shape index (κ1) is 21.0. The third-order valence-electron chi connectivity index (χ3n) is 5.00. The number of sulfonamides is 1. The minimum atomic E-state index is -4.00. The molecule has 0 saturated carbocycles. The molecule has 0 bridgehead atoms. The highest BCUT2D eigenvalue weighted by Crippen LogP contribution is 2.28. The normalized spacial score (nSPS) is 22.0. The average Bonchev–Trinajstić information content (AvgIpc) is 2.92. The molecular formula is C20H25NO5S2. The van der Waals surface area contributed by atoms with Crippen molar-refractivity contribution in [3.8, 4) is 0 Å². The van der Waals surface area contributed by atoms with Crippen LogP contribution in [0.3, 0.4) is 0 Å². The highest BCUT2D eigenvalue weighted by atomic mass is 32.2. The van der Waals surface area contributed by atoms with Crippen LogP contribution in [0.4, 0.5) is 0 Å². The largest absolute Gasteiger partial charge is 0.390 e. The third-order valence-corrected chi connectivity index (χ3v) is 8.58. The van der Waals surface area contributed by atoms with Gasteiger partial charge in [0.25, 0.3) is 0 Å². The molecular weight excluding hydrogens is 398 g/mol. The van der Waals surface area contributed by atoms with E-state index in [4.69, 9.17) is 0 Å². The van der Waals surface area contributed by atoms with Crippen molar-refractivity contribution in [2.75, 3.05) is 11.5 Å². The Bertz CT molecular complexity index is 1020. The van der Waals surface area contributed by atoms with Gasteiger partial charge in [0.05, 0.1) is 28.5 Å². The number of aliphatic hydroxyl groups is 1. The maximum Gasteiger partial charge on any atom is 0.243 e. The summed E-state index contributed by atoms with van der Waals surface area (Å²) < 4.78 is 51.9. The van der Waals surface area contributed by atoms with Crippen LogP contribution in [0.25, 0.3) is 0 Å². The number of sulfone groups is 1. The lowest BCUT2D eigenvalue weighted by Crippen LogP contribution is -2.46. The van der Waals surface area contributed by atoms with Gasteiger partial charge in [0.15, 0.2) is 9.84 Å². The standard InChI is InChI=1S/C20H25NO5S2/c1-15(2)17-8-10-18(11-9-17)28(25,26)21(12-16-6-4-3-5-7-16)19-13-27(23,24)14-20(19)22/h3-11,15,19-20,22H,12-14H2,1-2H3/t19-,20-/m0/s1. The summed E-state index contributed by atoms with van der Waals surface area (Å²) in [6, 6.07) is 14.6. The van der Waals surface area contributed by atoms with Gasteiger partial charge in [-0.1, -0.05) is 56.3 Å². The summed E-state index contributed by atoms with van der Waals surface area (Å²) >= 11 is 0. The number of nitrogens with zero attached hydrogens (tertiary/aromatic N) is 1. The van der Waals surface area contributed by atoms with Crippen molar-refractivity contribution < 1.29 is 21.9 Å². The van der Waals surface area contributed by atoms with E-state index in [-0.39, 0.29) is 23.1 Å². The molecule has 28 heavy (non-hydrogen) atoms. The molecule has 2 atom stereocenters. The number of rotatable bonds is 6. The van der Waals surface area contributed by atoms with Crippen LogP contribution in [0.1, 0.15) is 30.9 Å². The molecule has 8 heteroatoms. The fourth-order valence-electron chi connectivity index (χ4n) is 3.39. The summed E-state index contributed by atoms with van der Waals surface area (Å²) in [7, 11) is -7.50. The lowest BCUT2D eigenvalue weighted by Gasteiger charge is -2.29. The third kappa shape index (κ3) is 4.46. The van der Waals surface area contributed by atoms with Gasteiger partial charge in [0, 0.05) is 6.54 Å². The van der Waals surface area contributed by atoms with Crippen molar-refractivity contribution in [1.29, 1.82) is 0 Å². The van der Waals surface area contributed by atoms with Crippen LogP contribution in [0.5, 0.6) is 0 Å². The van der Waals surface area contributed by atoms with E-state index in [2.05, 4.69) is 0 Å². The van der Waals surface area contributed by atoms with Gasteiger partial charge in [-0.25, -0.2) is 16.8 Å². The van der Waals surface area contributed by atoms with Crippen molar-refractivity contribution >= 4 is 19.9 Å². The molecule has 152 valence electrons. The van der Waals surface area contributed by atoms with E-state index in [0.29, 0.717) is 0 Å². The Morgan fingerprint density at radius 2 is 1.64 bits per heavy atom. The maximum absolute atomic E-state index is 13.4. The number of hydrogen-bond donors (Lipinski definition) is 1. The summed E-state index contributed by atoms with van der Waals surface area (Å²) in [5, 5.41) is 10.3. The van der Waals surface area contributed by atoms with E-state index < -0.39 is 37.8 Å². The molecule has 3 rings (SSSR count). The fraction of sp³-hybridized carbons (Fsp3) is 0.400. The smallest absolute Gasteiger partial charge is 0.243 e. The zero-order valence-electron chi connectivity index (χ0n) is 15.9. The summed E-state index contributed by atoms with van der Waals surface area (Å²) in [6.45, 7) is 4.03. The Morgan fingerprint density at radius 1 is 1.04 bits per heavy atom. The maximum atomic E-state index is 13.4. The van der Waals surface area contributed by atoms with Gasteiger partial charge in [0.1, 0.15) is 0 Å². The van der Waals surface area contributed by atoms with E-state index in [1.807, 2.05) is 19.9 Å². The first-order chi connectivity index (χ1) is 13.1. The Labute approximate surface area is 166 Å². The number of benzene rings is 2. The minimum Gasteiger partial charge on any atom is -0.390 e. The van der Waals surface area contributed by atoms with Crippen LogP contribution in [-0.2, 0) is 26.4 Å². The van der Waals surface area contributed by atoms with Gasteiger partial charge >= 0.3 is 0 Å². The molecule has 1 heterocycles. The Balaban J connectivity index is 2.02. The minimum absolute atomic E-state index is 0.00759. The van der Waals surface area contributed by atoms with Crippen LogP contribution < -0.4 is 0 Å². The molecule has 0 unspecified atom stereocenters. The molecule has 1 aliphatic rings. The number of aliphatic hydroxyl groups excluding tert-OH is 1. The van der Waals surface area contributed by atoms with Gasteiger partial charge in [-0.2, -0.15) is 4.31 Å². The SMILES string of the molecule is CC(C)c1ccc(S(=O)(=O)N(Cc2ccccc2)[C@H]2CS(=O)(=O)C[C@@H]2O)cc1. The van der Waals surface area contributed by atoms with E-state index in [1.54, 1.807) is 48.5 Å². The van der Waals surface area contributed by atoms with Gasteiger partial charge < -0.3 is 5.11 Å². The zero-order chi connectivity index (χ0) is 20.5. The van der Waals surface area contributed by atoms with Gasteiger partial charge in [-0.05, 0) is 29.2 Å². The molecule has 1 fully saturated rings. The second-order valence-corrected chi connectivity index (χ2v) is 11.5. The van der Waals surface area contributed by atoms with Crippen LogP contribution in [0, 0.1) is 0 Å². The van der Waals surface area contributed by atoms with Crippen LogP contribution in [0.15, 0.2) is 59.5 Å². The quantitative estimate of drug-likeness (QED) is 0.769. The first-order valence-corrected chi connectivity index (χ1v) is 12.4. The van der Waals surface area contributed by atoms with E-state index in [9.17, 15) is 21.9 Å². The van der Waals surface area contributed by atoms with Gasteiger partial charge in [-0.15, -0.1) is 0 Å². The molecule has 1 saturated heterocycles. The Kier molecular flexibility index (Phi) is 5.95. The van der Waals surface area contributed by atoms with E-state index in [1.165, 1.54) is 0 Å². The summed E-state index contributed by atoms with van der Waals surface area (Å²) in [5.41, 5.74) is 1.73. The number of hydrogen-bond acceptors (Lipinski definition) is 5. The van der Waals surface area contributed by atoms with Crippen molar-refractivity contribution in [3.63, 3.8) is 0 Å². The van der Waals surface area contributed by atoms with Crippen molar-refractivity contribution in [2.24, 2.45) is 0 Å². The second kappa shape index (κ2) is 7.94. The predicted octanol–water partition coefficient (Wildman–Crippen LogP) is 2.16. The molecule has 6 nitrogen and oxygen atoms in total. The summed E-state index contributed by atoms with van der Waals surface area (Å²) in [6.07, 6.45) is -1.25. The second-order valence-electron chi connectivity index (χ2n) is 7.47. The Hall–Kier alpha value is -1.74. The molecule has 0 amide bonds. The molecule has 1 N–H and O–H groups in total.